The molecule has 0 aliphatic rings. The van der Waals surface area contributed by atoms with Crippen LogP contribution in [0.25, 0.3) is 0 Å². The molecule has 0 aromatic carbocycles. The monoisotopic (exact) mass is 314 g/mol. The molecule has 0 heterocycles. The number of Topliss-reactive ketones (excluding diaryl/α,β-unsaturated/α-hetero) is 1. The standard InChI is InChI=1S/C11H22O4S3/c1-5-7-11(3,4)17-16-8-6-10(9(2)12)18(13,14)15/h10H,5-8H2,1-4H3,(H,13,14,15). The molecule has 1 atom stereocenters. The molecular formula is C11H22O4S3. The molecule has 4 nitrogen and oxygen atoms in total. The molecule has 0 rings (SSSR count). The number of hydrogen-bond acceptors (Lipinski definition) is 5. The lowest BCUT2D eigenvalue weighted by Gasteiger charge is -2.22. The van der Waals surface area contributed by atoms with Crippen LogP contribution in [0.15, 0.2) is 0 Å². The van der Waals surface area contributed by atoms with Gasteiger partial charge in [0.25, 0.3) is 10.1 Å². The van der Waals surface area contributed by atoms with Gasteiger partial charge in [0.15, 0.2) is 0 Å². The van der Waals surface area contributed by atoms with E-state index in [0.29, 0.717) is 5.75 Å². The van der Waals surface area contributed by atoms with Gasteiger partial charge in [0, 0.05) is 10.5 Å². The van der Waals surface area contributed by atoms with Crippen LogP contribution in [0, 0.1) is 0 Å². The lowest BCUT2D eigenvalue weighted by atomic mass is 10.1. The summed E-state index contributed by atoms with van der Waals surface area (Å²) in [7, 11) is -1.02. The van der Waals surface area contributed by atoms with E-state index in [1.165, 1.54) is 6.92 Å². The second kappa shape index (κ2) is 7.77. The van der Waals surface area contributed by atoms with Crippen LogP contribution in [0.3, 0.4) is 0 Å². The molecule has 0 fully saturated rings. The Labute approximate surface area is 118 Å². The zero-order chi connectivity index (χ0) is 14.4. The van der Waals surface area contributed by atoms with Gasteiger partial charge in [-0.25, -0.2) is 0 Å². The van der Waals surface area contributed by atoms with Crippen LogP contribution < -0.4 is 0 Å². The SMILES string of the molecule is CCCC(C)(C)SSCCC(C(C)=O)S(=O)(=O)O. The summed E-state index contributed by atoms with van der Waals surface area (Å²) >= 11 is 0. The summed E-state index contributed by atoms with van der Waals surface area (Å²) in [6.07, 6.45) is 2.34. The predicted molar refractivity (Wildman–Crippen MR) is 79.7 cm³/mol. The highest BCUT2D eigenvalue weighted by atomic mass is 33.1. The fourth-order valence-corrected chi connectivity index (χ4v) is 5.31. The Morgan fingerprint density at radius 2 is 1.94 bits per heavy atom. The quantitative estimate of drug-likeness (QED) is 0.400. The first kappa shape index (κ1) is 18.3. The minimum Gasteiger partial charge on any atom is -0.298 e. The first-order chi connectivity index (χ1) is 8.10. The summed E-state index contributed by atoms with van der Waals surface area (Å²) in [5, 5.41) is -1.28. The van der Waals surface area contributed by atoms with Crippen molar-refractivity contribution in [2.45, 2.75) is 57.0 Å². The van der Waals surface area contributed by atoms with Gasteiger partial charge in [0.1, 0.15) is 11.0 Å². The molecule has 0 aromatic heterocycles. The van der Waals surface area contributed by atoms with Crippen molar-refractivity contribution < 1.29 is 17.8 Å². The molecule has 7 heteroatoms. The highest BCUT2D eigenvalue weighted by Gasteiger charge is 2.27. The summed E-state index contributed by atoms with van der Waals surface area (Å²) in [4.78, 5) is 11.1. The van der Waals surface area contributed by atoms with Gasteiger partial charge in [-0.2, -0.15) is 8.42 Å². The van der Waals surface area contributed by atoms with Gasteiger partial charge in [0.05, 0.1) is 0 Å². The average Bonchev–Trinajstić information content (AvgIpc) is 2.13. The Bertz CT molecular complexity index is 362. The van der Waals surface area contributed by atoms with Crippen molar-refractivity contribution >= 4 is 37.5 Å². The lowest BCUT2D eigenvalue weighted by Crippen LogP contribution is -2.28. The van der Waals surface area contributed by atoms with Crippen molar-refractivity contribution in [1.82, 2.24) is 0 Å². The van der Waals surface area contributed by atoms with E-state index in [0.717, 1.165) is 12.8 Å². The van der Waals surface area contributed by atoms with E-state index in [2.05, 4.69) is 20.8 Å². The molecule has 0 saturated heterocycles. The zero-order valence-electron chi connectivity index (χ0n) is 11.3. The van der Waals surface area contributed by atoms with E-state index >= 15 is 0 Å². The van der Waals surface area contributed by atoms with Gasteiger partial charge in [-0.3, -0.25) is 9.35 Å². The van der Waals surface area contributed by atoms with E-state index in [9.17, 15) is 13.2 Å². The Morgan fingerprint density at radius 3 is 2.33 bits per heavy atom. The molecule has 1 unspecified atom stereocenters. The summed E-state index contributed by atoms with van der Waals surface area (Å²) in [5.74, 6) is 0.0258. The van der Waals surface area contributed by atoms with Gasteiger partial charge in [-0.15, -0.1) is 0 Å². The Morgan fingerprint density at radius 1 is 1.39 bits per heavy atom. The Hall–Kier alpha value is 0.280. The molecular weight excluding hydrogens is 292 g/mol. The van der Waals surface area contributed by atoms with Crippen molar-refractivity contribution in [2.75, 3.05) is 5.75 Å². The fraction of sp³-hybridized carbons (Fsp3) is 0.909. The minimum atomic E-state index is -4.26. The molecule has 1 N–H and O–H groups in total. The molecule has 0 saturated carbocycles. The Kier molecular flexibility index (Phi) is 7.89. The van der Waals surface area contributed by atoms with Crippen molar-refractivity contribution in [3.8, 4) is 0 Å². The first-order valence-corrected chi connectivity index (χ1v) is 9.69. The van der Waals surface area contributed by atoms with E-state index in [1.54, 1.807) is 21.6 Å². The van der Waals surface area contributed by atoms with Crippen LogP contribution >= 0.6 is 21.6 Å². The van der Waals surface area contributed by atoms with Gasteiger partial charge >= 0.3 is 0 Å². The zero-order valence-corrected chi connectivity index (χ0v) is 13.8. The van der Waals surface area contributed by atoms with E-state index in [4.69, 9.17) is 4.55 Å². The molecule has 0 aliphatic heterocycles. The topological polar surface area (TPSA) is 71.4 Å². The molecule has 0 radical (unpaired) electrons. The van der Waals surface area contributed by atoms with Crippen LogP contribution in [0.2, 0.25) is 0 Å². The summed E-state index contributed by atoms with van der Waals surface area (Å²) in [5.41, 5.74) is 0. The van der Waals surface area contributed by atoms with Gasteiger partial charge in [-0.1, -0.05) is 34.9 Å². The van der Waals surface area contributed by atoms with E-state index < -0.39 is 21.2 Å². The summed E-state index contributed by atoms with van der Waals surface area (Å²) < 4.78 is 31.0. The fourth-order valence-electron chi connectivity index (χ4n) is 1.56. The average molecular weight is 314 g/mol. The summed E-state index contributed by atoms with van der Waals surface area (Å²) in [6.45, 7) is 7.59. The Balaban J connectivity index is 4.14. The smallest absolute Gasteiger partial charge is 0.274 e. The molecule has 108 valence electrons. The molecule has 0 spiro atoms. The van der Waals surface area contributed by atoms with Gasteiger partial charge in [0.2, 0.25) is 0 Å². The van der Waals surface area contributed by atoms with E-state index in [-0.39, 0.29) is 11.2 Å². The van der Waals surface area contributed by atoms with Crippen molar-refractivity contribution in [1.29, 1.82) is 0 Å². The second-order valence-corrected chi connectivity index (χ2v) is 9.54. The molecule has 18 heavy (non-hydrogen) atoms. The van der Waals surface area contributed by atoms with Crippen LogP contribution in [0.1, 0.15) is 47.0 Å². The minimum absolute atomic E-state index is 0.142. The normalized spacial score (nSPS) is 14.5. The molecule has 0 bridgehead atoms. The maximum absolute atomic E-state index is 11.1. The summed E-state index contributed by atoms with van der Waals surface area (Å²) in [6, 6.07) is 0. The highest BCUT2D eigenvalue weighted by Crippen LogP contribution is 2.39. The third-order valence-corrected chi connectivity index (χ3v) is 7.08. The highest BCUT2D eigenvalue weighted by molar-refractivity contribution is 8.77. The third kappa shape index (κ3) is 7.66. The maximum Gasteiger partial charge on any atom is 0.274 e. The number of carbonyl (C=O) groups is 1. The maximum atomic E-state index is 11.1. The van der Waals surface area contributed by atoms with Crippen molar-refractivity contribution in [2.24, 2.45) is 0 Å². The largest absolute Gasteiger partial charge is 0.298 e. The van der Waals surface area contributed by atoms with E-state index in [1.807, 2.05) is 0 Å². The number of carbonyl (C=O) groups excluding carboxylic acids is 1. The second-order valence-electron chi connectivity index (χ2n) is 4.82. The number of hydrogen-bond donors (Lipinski definition) is 1. The predicted octanol–water partition coefficient (Wildman–Crippen LogP) is 3.18. The van der Waals surface area contributed by atoms with Crippen LogP contribution in [-0.4, -0.2) is 34.5 Å². The van der Waals surface area contributed by atoms with Crippen molar-refractivity contribution in [3.63, 3.8) is 0 Å². The number of ketones is 1. The van der Waals surface area contributed by atoms with Gasteiger partial charge in [-0.05, 0) is 33.6 Å². The molecule has 0 amide bonds. The third-order valence-electron chi connectivity index (χ3n) is 2.41. The first-order valence-electron chi connectivity index (χ1n) is 5.87. The molecule has 0 aliphatic carbocycles. The van der Waals surface area contributed by atoms with Crippen LogP contribution in [-0.2, 0) is 14.9 Å². The van der Waals surface area contributed by atoms with Crippen molar-refractivity contribution in [3.05, 3.63) is 0 Å². The number of rotatable bonds is 9. The lowest BCUT2D eigenvalue weighted by molar-refractivity contribution is -0.116. The molecule has 0 aromatic rings. The van der Waals surface area contributed by atoms with Crippen LogP contribution in [0.4, 0.5) is 0 Å². The van der Waals surface area contributed by atoms with Gasteiger partial charge < -0.3 is 0 Å². The van der Waals surface area contributed by atoms with Crippen LogP contribution in [0.5, 0.6) is 0 Å².